The van der Waals surface area contributed by atoms with Crippen LogP contribution in [0, 0.1) is 0 Å². The summed E-state index contributed by atoms with van der Waals surface area (Å²) in [6.45, 7) is 4.17. The van der Waals surface area contributed by atoms with E-state index in [-0.39, 0.29) is 6.04 Å². The van der Waals surface area contributed by atoms with Gasteiger partial charge in [0.25, 0.3) is 0 Å². The summed E-state index contributed by atoms with van der Waals surface area (Å²) < 4.78 is 7.42. The number of thiazole rings is 1. The Hall–Kier alpha value is -0.950. The number of rotatable bonds is 4. The van der Waals surface area contributed by atoms with Gasteiger partial charge in [0.1, 0.15) is 0 Å². The van der Waals surface area contributed by atoms with Crippen molar-refractivity contribution in [2.45, 2.75) is 31.4 Å². The third-order valence-electron chi connectivity index (χ3n) is 3.39. The van der Waals surface area contributed by atoms with Gasteiger partial charge in [0.2, 0.25) is 0 Å². The first kappa shape index (κ1) is 13.1. The molecule has 6 heteroatoms. The molecule has 0 aromatic carbocycles. The van der Waals surface area contributed by atoms with Gasteiger partial charge in [0, 0.05) is 36.8 Å². The Labute approximate surface area is 116 Å². The molecular formula is C13H19N3O2S. The molecule has 2 aromatic heterocycles. The van der Waals surface area contributed by atoms with Crippen molar-refractivity contribution in [3.05, 3.63) is 23.5 Å². The molecular weight excluding hydrogens is 262 g/mol. The van der Waals surface area contributed by atoms with Crippen LogP contribution >= 0.6 is 11.3 Å². The largest absolute Gasteiger partial charge is 0.390 e. The second-order valence-electron chi connectivity index (χ2n) is 5.43. The molecule has 1 fully saturated rings. The molecule has 2 atom stereocenters. The molecule has 2 unspecified atom stereocenters. The number of hydrogen-bond acceptors (Lipinski definition) is 5. The monoisotopic (exact) mass is 281 g/mol. The Bertz CT molecular complexity index is 514. The highest BCUT2D eigenvalue weighted by atomic mass is 32.1. The number of fused-ring (bicyclic) bond motifs is 1. The van der Waals surface area contributed by atoms with E-state index in [0.717, 1.165) is 23.8 Å². The lowest BCUT2D eigenvalue weighted by Gasteiger charge is -2.31. The first-order chi connectivity index (χ1) is 9.12. The first-order valence-corrected chi connectivity index (χ1v) is 7.45. The molecule has 5 nitrogen and oxygen atoms in total. The summed E-state index contributed by atoms with van der Waals surface area (Å²) in [6.07, 6.45) is 5.23. The molecule has 3 rings (SSSR count). The molecule has 104 valence electrons. The van der Waals surface area contributed by atoms with E-state index >= 15 is 0 Å². The molecule has 3 heterocycles. The van der Waals surface area contributed by atoms with Crippen molar-refractivity contribution in [1.82, 2.24) is 14.7 Å². The molecule has 1 aliphatic heterocycles. The van der Waals surface area contributed by atoms with Gasteiger partial charge in [-0.2, -0.15) is 0 Å². The molecule has 19 heavy (non-hydrogen) atoms. The minimum atomic E-state index is -0.762. The maximum atomic E-state index is 10.5. The Morgan fingerprint density at radius 1 is 1.68 bits per heavy atom. The van der Waals surface area contributed by atoms with Crippen LogP contribution in [-0.4, -0.2) is 45.9 Å². The molecule has 1 aliphatic rings. The zero-order chi connectivity index (χ0) is 13.3. The summed E-state index contributed by atoms with van der Waals surface area (Å²) in [5, 5.41) is 15.9. The third-order valence-corrected chi connectivity index (χ3v) is 4.16. The summed E-state index contributed by atoms with van der Waals surface area (Å²) in [5.74, 6) is 0. The Balaban J connectivity index is 1.64. The van der Waals surface area contributed by atoms with Crippen LogP contribution in [-0.2, 0) is 11.2 Å². The third kappa shape index (κ3) is 3.14. The number of ether oxygens (including phenoxy) is 1. The van der Waals surface area contributed by atoms with Gasteiger partial charge < -0.3 is 15.2 Å². The lowest BCUT2D eigenvalue weighted by molar-refractivity contribution is 0.00604. The number of nitrogens with one attached hydrogen (secondary N) is 1. The van der Waals surface area contributed by atoms with E-state index in [1.54, 1.807) is 11.3 Å². The fourth-order valence-electron chi connectivity index (χ4n) is 2.61. The molecule has 0 radical (unpaired) electrons. The van der Waals surface area contributed by atoms with E-state index in [1.165, 1.54) is 0 Å². The lowest BCUT2D eigenvalue weighted by Crippen LogP contribution is -2.46. The smallest absolute Gasteiger partial charge is 0.193 e. The molecule has 0 spiro atoms. The van der Waals surface area contributed by atoms with Crippen molar-refractivity contribution in [2.75, 3.05) is 19.8 Å². The van der Waals surface area contributed by atoms with Crippen LogP contribution in [0.3, 0.4) is 0 Å². The Morgan fingerprint density at radius 3 is 3.32 bits per heavy atom. The predicted molar refractivity (Wildman–Crippen MR) is 74.6 cm³/mol. The van der Waals surface area contributed by atoms with Crippen molar-refractivity contribution in [3.8, 4) is 0 Å². The van der Waals surface area contributed by atoms with E-state index in [0.29, 0.717) is 19.4 Å². The zero-order valence-electron chi connectivity index (χ0n) is 11.0. The van der Waals surface area contributed by atoms with E-state index in [1.807, 2.05) is 29.1 Å². The lowest BCUT2D eigenvalue weighted by atomic mass is 9.92. The molecule has 0 aliphatic carbocycles. The van der Waals surface area contributed by atoms with Gasteiger partial charge in [-0.25, -0.2) is 4.98 Å². The van der Waals surface area contributed by atoms with Gasteiger partial charge in [-0.05, 0) is 13.3 Å². The number of nitrogens with zero attached hydrogens (tertiary/aromatic N) is 2. The van der Waals surface area contributed by atoms with Crippen molar-refractivity contribution in [1.29, 1.82) is 0 Å². The first-order valence-electron chi connectivity index (χ1n) is 6.57. The van der Waals surface area contributed by atoms with Gasteiger partial charge in [-0.15, -0.1) is 11.3 Å². The van der Waals surface area contributed by atoms with Crippen molar-refractivity contribution in [3.63, 3.8) is 0 Å². The molecule has 0 amide bonds. The number of aliphatic hydroxyl groups is 1. The fourth-order valence-corrected chi connectivity index (χ4v) is 3.32. The highest BCUT2D eigenvalue weighted by Crippen LogP contribution is 2.21. The summed E-state index contributed by atoms with van der Waals surface area (Å²) in [7, 11) is 0. The van der Waals surface area contributed by atoms with Gasteiger partial charge >= 0.3 is 0 Å². The highest BCUT2D eigenvalue weighted by Gasteiger charge is 2.28. The fraction of sp³-hybridized carbons (Fsp3) is 0.615. The van der Waals surface area contributed by atoms with Gasteiger partial charge in [0.15, 0.2) is 4.96 Å². The van der Waals surface area contributed by atoms with Crippen LogP contribution in [0.2, 0.25) is 0 Å². The number of morpholine rings is 1. The highest BCUT2D eigenvalue weighted by molar-refractivity contribution is 7.15. The molecule has 0 saturated carbocycles. The van der Waals surface area contributed by atoms with E-state index in [9.17, 15) is 5.11 Å². The van der Waals surface area contributed by atoms with Gasteiger partial charge in [-0.1, -0.05) is 0 Å². The van der Waals surface area contributed by atoms with E-state index in [2.05, 4.69) is 10.3 Å². The van der Waals surface area contributed by atoms with Crippen LogP contribution < -0.4 is 5.32 Å². The quantitative estimate of drug-likeness (QED) is 0.880. The average Bonchev–Trinajstić information content (AvgIpc) is 2.89. The SMILES string of the molecule is CC(O)(Cc1cn2ccsc2n1)CC1COCCN1. The topological polar surface area (TPSA) is 58.8 Å². The van der Waals surface area contributed by atoms with E-state index < -0.39 is 5.60 Å². The van der Waals surface area contributed by atoms with Crippen molar-refractivity contribution in [2.24, 2.45) is 0 Å². The van der Waals surface area contributed by atoms with Crippen LogP contribution in [0.15, 0.2) is 17.8 Å². The second kappa shape index (κ2) is 5.20. The standard InChI is InChI=1S/C13H19N3O2S/c1-13(17,7-11-9-18-4-2-14-11)6-10-8-16-3-5-19-12(16)15-10/h3,5,8,11,14,17H,2,4,6-7,9H2,1H3. The molecule has 2 aromatic rings. The summed E-state index contributed by atoms with van der Waals surface area (Å²) in [5.41, 5.74) is 0.177. The Morgan fingerprint density at radius 2 is 2.58 bits per heavy atom. The Kier molecular flexibility index (Phi) is 3.58. The van der Waals surface area contributed by atoms with Crippen LogP contribution in [0.25, 0.3) is 4.96 Å². The maximum Gasteiger partial charge on any atom is 0.193 e. The number of imidazole rings is 1. The minimum Gasteiger partial charge on any atom is -0.390 e. The minimum absolute atomic E-state index is 0.229. The normalized spacial score (nSPS) is 23.6. The van der Waals surface area contributed by atoms with Gasteiger partial charge in [-0.3, -0.25) is 4.40 Å². The number of hydrogen-bond donors (Lipinski definition) is 2. The molecule has 2 N–H and O–H groups in total. The van der Waals surface area contributed by atoms with Crippen molar-refractivity contribution >= 4 is 16.3 Å². The van der Waals surface area contributed by atoms with Crippen LogP contribution in [0.4, 0.5) is 0 Å². The number of aromatic nitrogens is 2. The van der Waals surface area contributed by atoms with Crippen LogP contribution in [0.5, 0.6) is 0 Å². The summed E-state index contributed by atoms with van der Waals surface area (Å²) >= 11 is 1.61. The average molecular weight is 281 g/mol. The predicted octanol–water partition coefficient (Wildman–Crippen LogP) is 1.07. The maximum absolute atomic E-state index is 10.5. The van der Waals surface area contributed by atoms with E-state index in [4.69, 9.17) is 4.74 Å². The summed E-state index contributed by atoms with van der Waals surface area (Å²) in [6, 6.07) is 0.229. The second-order valence-corrected chi connectivity index (χ2v) is 6.30. The zero-order valence-corrected chi connectivity index (χ0v) is 11.8. The van der Waals surface area contributed by atoms with Crippen molar-refractivity contribution < 1.29 is 9.84 Å². The van der Waals surface area contributed by atoms with Gasteiger partial charge in [0.05, 0.1) is 24.5 Å². The molecule has 0 bridgehead atoms. The summed E-state index contributed by atoms with van der Waals surface area (Å²) in [4.78, 5) is 5.50. The van der Waals surface area contributed by atoms with Crippen LogP contribution in [0.1, 0.15) is 19.0 Å². The molecule has 1 saturated heterocycles.